The lowest BCUT2D eigenvalue weighted by atomic mass is 9.82. The van der Waals surface area contributed by atoms with Crippen LogP contribution in [0.5, 0.6) is 0 Å². The smallest absolute Gasteiger partial charge is 0.242 e. The molecule has 3 aliphatic rings. The summed E-state index contributed by atoms with van der Waals surface area (Å²) in [5, 5.41) is 0. The van der Waals surface area contributed by atoms with Crippen molar-refractivity contribution < 1.29 is 9.53 Å². The van der Waals surface area contributed by atoms with Gasteiger partial charge in [-0.1, -0.05) is 0 Å². The zero-order chi connectivity index (χ0) is 14.2. The Hall–Kier alpha value is -0.360. The van der Waals surface area contributed by atoms with Crippen LogP contribution in [0.15, 0.2) is 0 Å². The second-order valence-electron chi connectivity index (χ2n) is 6.76. The van der Waals surface area contributed by atoms with E-state index in [1.165, 1.54) is 19.4 Å². The van der Waals surface area contributed by atoms with Crippen molar-refractivity contribution in [2.24, 2.45) is 11.7 Å². The van der Waals surface area contributed by atoms with Gasteiger partial charge in [0.2, 0.25) is 5.91 Å². The fraction of sp³-hybridized carbons (Fsp3) is 0.933. The topological polar surface area (TPSA) is 58.8 Å². The lowest BCUT2D eigenvalue weighted by molar-refractivity contribution is -0.144. The Morgan fingerprint density at radius 1 is 1.24 bits per heavy atom. The van der Waals surface area contributed by atoms with Gasteiger partial charge in [-0.2, -0.15) is 0 Å². The summed E-state index contributed by atoms with van der Waals surface area (Å²) in [5.41, 5.74) is 5.67. The highest BCUT2D eigenvalue weighted by Crippen LogP contribution is 2.31. The highest BCUT2D eigenvalue weighted by atomic mass is 35.5. The van der Waals surface area contributed by atoms with E-state index >= 15 is 0 Å². The van der Waals surface area contributed by atoms with Crippen LogP contribution in [-0.4, -0.2) is 67.2 Å². The van der Waals surface area contributed by atoms with Gasteiger partial charge in [-0.15, -0.1) is 12.4 Å². The zero-order valence-corrected chi connectivity index (χ0v) is 13.7. The molecule has 0 spiro atoms. The van der Waals surface area contributed by atoms with E-state index in [2.05, 4.69) is 11.9 Å². The van der Waals surface area contributed by atoms with Crippen LogP contribution in [0.4, 0.5) is 0 Å². The van der Waals surface area contributed by atoms with Gasteiger partial charge in [-0.05, 0) is 51.6 Å². The molecule has 6 heteroatoms. The van der Waals surface area contributed by atoms with Crippen molar-refractivity contribution in [3.05, 3.63) is 0 Å². The van der Waals surface area contributed by atoms with Gasteiger partial charge in [0.05, 0.1) is 5.54 Å². The number of halogens is 1. The SMILES string of the molecule is CN1CCCC2CN(C(=O)C3(N)CCOCC3)CCC21.Cl. The van der Waals surface area contributed by atoms with Crippen LogP contribution in [0.2, 0.25) is 0 Å². The van der Waals surface area contributed by atoms with Crippen molar-refractivity contribution in [2.75, 3.05) is 39.9 Å². The quantitative estimate of drug-likeness (QED) is 0.779. The minimum atomic E-state index is -0.675. The molecule has 5 nitrogen and oxygen atoms in total. The number of carbonyl (C=O) groups excluding carboxylic acids is 1. The molecule has 0 aromatic carbocycles. The summed E-state index contributed by atoms with van der Waals surface area (Å²) in [6, 6.07) is 0.663. The molecule has 3 heterocycles. The minimum absolute atomic E-state index is 0. The van der Waals surface area contributed by atoms with Gasteiger partial charge in [0.15, 0.2) is 0 Å². The number of nitrogens with zero attached hydrogens (tertiary/aromatic N) is 2. The molecule has 0 aliphatic carbocycles. The fourth-order valence-electron chi connectivity index (χ4n) is 4.10. The summed E-state index contributed by atoms with van der Waals surface area (Å²) >= 11 is 0. The third-order valence-electron chi connectivity index (χ3n) is 5.44. The molecule has 2 atom stereocenters. The second-order valence-corrected chi connectivity index (χ2v) is 6.76. The molecule has 0 bridgehead atoms. The maximum absolute atomic E-state index is 12.8. The average Bonchev–Trinajstić information content (AvgIpc) is 2.47. The van der Waals surface area contributed by atoms with Crippen LogP contribution in [0.1, 0.15) is 32.1 Å². The fourth-order valence-corrected chi connectivity index (χ4v) is 4.10. The monoisotopic (exact) mass is 317 g/mol. The summed E-state index contributed by atoms with van der Waals surface area (Å²) in [5.74, 6) is 0.794. The molecule has 2 N–H and O–H groups in total. The van der Waals surface area contributed by atoms with Gasteiger partial charge in [-0.3, -0.25) is 4.79 Å². The summed E-state index contributed by atoms with van der Waals surface area (Å²) < 4.78 is 5.34. The molecule has 1 amide bonds. The number of fused-ring (bicyclic) bond motifs is 1. The van der Waals surface area contributed by atoms with Crippen molar-refractivity contribution >= 4 is 18.3 Å². The number of carbonyl (C=O) groups is 1. The molecule has 21 heavy (non-hydrogen) atoms. The van der Waals surface area contributed by atoms with Gasteiger partial charge in [0.25, 0.3) is 0 Å². The molecule has 0 radical (unpaired) electrons. The van der Waals surface area contributed by atoms with Gasteiger partial charge >= 0.3 is 0 Å². The summed E-state index contributed by atoms with van der Waals surface area (Å²) in [4.78, 5) is 17.3. The first-order chi connectivity index (χ1) is 9.60. The predicted molar refractivity (Wildman–Crippen MR) is 84.6 cm³/mol. The number of amides is 1. The lowest BCUT2D eigenvalue weighted by Crippen LogP contribution is -2.62. The molecule has 3 saturated heterocycles. The molecule has 3 fully saturated rings. The van der Waals surface area contributed by atoms with Crippen molar-refractivity contribution in [1.82, 2.24) is 9.80 Å². The normalized spacial score (nSPS) is 33.0. The van der Waals surface area contributed by atoms with E-state index in [4.69, 9.17) is 10.5 Å². The minimum Gasteiger partial charge on any atom is -0.381 e. The molecule has 2 unspecified atom stereocenters. The van der Waals surface area contributed by atoms with E-state index in [1.807, 2.05) is 4.90 Å². The number of hydrogen-bond acceptors (Lipinski definition) is 4. The van der Waals surface area contributed by atoms with Gasteiger partial charge < -0.3 is 20.3 Å². The third kappa shape index (κ3) is 3.36. The number of ether oxygens (including phenoxy) is 1. The molecular formula is C15H28ClN3O2. The predicted octanol–water partition coefficient (Wildman–Crippen LogP) is 0.859. The van der Waals surface area contributed by atoms with E-state index in [0.717, 1.165) is 19.5 Å². The van der Waals surface area contributed by atoms with Crippen molar-refractivity contribution in [2.45, 2.75) is 43.7 Å². The Balaban J connectivity index is 0.00000161. The summed E-state index contributed by atoms with van der Waals surface area (Å²) in [7, 11) is 2.22. The van der Waals surface area contributed by atoms with E-state index in [9.17, 15) is 4.79 Å². The Labute approximate surface area is 133 Å². The Morgan fingerprint density at radius 2 is 1.95 bits per heavy atom. The Kier molecular flexibility index (Phi) is 5.52. The van der Waals surface area contributed by atoms with Crippen LogP contribution < -0.4 is 5.73 Å². The van der Waals surface area contributed by atoms with Gasteiger partial charge in [-0.25, -0.2) is 0 Å². The number of hydrogen-bond donors (Lipinski definition) is 1. The number of likely N-dealkylation sites (tertiary alicyclic amines) is 2. The summed E-state index contributed by atoms with van der Waals surface area (Å²) in [6.07, 6.45) is 4.92. The number of piperidine rings is 2. The molecule has 122 valence electrons. The Morgan fingerprint density at radius 3 is 2.67 bits per heavy atom. The van der Waals surface area contributed by atoms with Crippen LogP contribution in [-0.2, 0) is 9.53 Å². The molecular weight excluding hydrogens is 290 g/mol. The van der Waals surface area contributed by atoms with E-state index in [1.54, 1.807) is 0 Å². The van der Waals surface area contributed by atoms with Crippen LogP contribution in [0, 0.1) is 5.92 Å². The van der Waals surface area contributed by atoms with E-state index in [-0.39, 0.29) is 18.3 Å². The largest absolute Gasteiger partial charge is 0.381 e. The first-order valence-electron chi connectivity index (χ1n) is 7.96. The van der Waals surface area contributed by atoms with Crippen LogP contribution >= 0.6 is 12.4 Å². The maximum Gasteiger partial charge on any atom is 0.242 e. The molecule has 0 aromatic rings. The average molecular weight is 318 g/mol. The Bertz CT molecular complexity index is 374. The molecule has 3 aliphatic heterocycles. The first-order valence-corrected chi connectivity index (χ1v) is 7.96. The van der Waals surface area contributed by atoms with Crippen LogP contribution in [0.25, 0.3) is 0 Å². The standard InChI is InChI=1S/C15H27N3O2.ClH/c1-17-7-2-3-12-11-18(8-4-13(12)17)14(19)15(16)5-9-20-10-6-15;/h12-13H,2-11,16H2,1H3;1H. The molecule has 0 saturated carbocycles. The summed E-state index contributed by atoms with van der Waals surface area (Å²) in [6.45, 7) is 4.20. The molecule has 3 rings (SSSR count). The van der Waals surface area contributed by atoms with Crippen molar-refractivity contribution in [3.8, 4) is 0 Å². The second kappa shape index (κ2) is 6.82. The highest BCUT2D eigenvalue weighted by Gasteiger charge is 2.42. The third-order valence-corrected chi connectivity index (χ3v) is 5.44. The van der Waals surface area contributed by atoms with Crippen molar-refractivity contribution in [3.63, 3.8) is 0 Å². The molecule has 0 aromatic heterocycles. The van der Waals surface area contributed by atoms with Gasteiger partial charge in [0.1, 0.15) is 0 Å². The van der Waals surface area contributed by atoms with Crippen molar-refractivity contribution in [1.29, 1.82) is 0 Å². The highest BCUT2D eigenvalue weighted by molar-refractivity contribution is 5.86. The van der Waals surface area contributed by atoms with E-state index < -0.39 is 5.54 Å². The van der Waals surface area contributed by atoms with E-state index in [0.29, 0.717) is 38.0 Å². The lowest BCUT2D eigenvalue weighted by Gasteiger charge is -2.47. The number of nitrogens with two attached hydrogens (primary N) is 1. The zero-order valence-electron chi connectivity index (χ0n) is 12.9. The van der Waals surface area contributed by atoms with Crippen LogP contribution in [0.3, 0.4) is 0 Å². The number of rotatable bonds is 1. The van der Waals surface area contributed by atoms with Gasteiger partial charge in [0, 0.05) is 32.3 Å². The first kappa shape index (κ1) is 17.0. The maximum atomic E-state index is 12.8.